The van der Waals surface area contributed by atoms with Gasteiger partial charge in [-0.05, 0) is 36.1 Å². The highest BCUT2D eigenvalue weighted by Crippen LogP contribution is 2.21. The fourth-order valence-corrected chi connectivity index (χ4v) is 2.24. The van der Waals surface area contributed by atoms with E-state index < -0.39 is 0 Å². The zero-order valence-electron chi connectivity index (χ0n) is 12.2. The van der Waals surface area contributed by atoms with Crippen LogP contribution < -0.4 is 10.1 Å². The van der Waals surface area contributed by atoms with Gasteiger partial charge in [0.25, 0.3) is 0 Å². The number of benzene rings is 1. The lowest BCUT2D eigenvalue weighted by Crippen LogP contribution is -2.15. The minimum Gasteiger partial charge on any atom is -0.493 e. The Kier molecular flexibility index (Phi) is 4.20. The third kappa shape index (κ3) is 4.29. The molecule has 1 aromatic carbocycles. The molecule has 1 aliphatic rings. The first kappa shape index (κ1) is 14.1. The lowest BCUT2D eigenvalue weighted by molar-refractivity contribution is 0.319. The molecule has 1 heterocycles. The lowest BCUT2D eigenvalue weighted by Gasteiger charge is -2.09. The second-order valence-electron chi connectivity index (χ2n) is 5.57. The molecule has 112 valence electrons. The van der Waals surface area contributed by atoms with Crippen LogP contribution in [0.5, 0.6) is 5.75 Å². The van der Waals surface area contributed by atoms with E-state index >= 15 is 0 Å². The van der Waals surface area contributed by atoms with E-state index in [1.807, 2.05) is 25.5 Å². The van der Waals surface area contributed by atoms with E-state index in [0.717, 1.165) is 17.5 Å². The van der Waals surface area contributed by atoms with Gasteiger partial charge in [0.15, 0.2) is 0 Å². The minimum atomic E-state index is -0.249. The maximum Gasteiger partial charge on any atom is 0.127 e. The predicted octanol–water partition coefficient (Wildman–Crippen LogP) is 2.43. The van der Waals surface area contributed by atoms with Crippen LogP contribution in [-0.4, -0.2) is 22.4 Å². The van der Waals surface area contributed by atoms with Gasteiger partial charge in [0.05, 0.1) is 12.8 Å². The third-order valence-corrected chi connectivity index (χ3v) is 3.52. The quantitative estimate of drug-likeness (QED) is 0.851. The summed E-state index contributed by atoms with van der Waals surface area (Å²) in [6.07, 6.45) is 6.99. The van der Waals surface area contributed by atoms with Gasteiger partial charge in [-0.1, -0.05) is 0 Å². The van der Waals surface area contributed by atoms with Crippen LogP contribution in [0.2, 0.25) is 0 Å². The molecule has 0 aliphatic heterocycles. The monoisotopic (exact) mass is 289 g/mol. The number of nitrogens with zero attached hydrogens (tertiary/aromatic N) is 2. The summed E-state index contributed by atoms with van der Waals surface area (Å²) in [5, 5.41) is 7.49. The number of aryl methyl sites for hydroxylation is 1. The number of hydrogen-bond acceptors (Lipinski definition) is 3. The van der Waals surface area contributed by atoms with Gasteiger partial charge in [0, 0.05) is 38.3 Å². The van der Waals surface area contributed by atoms with Crippen molar-refractivity contribution in [3.63, 3.8) is 0 Å². The van der Waals surface area contributed by atoms with Crippen molar-refractivity contribution in [3.8, 4) is 5.75 Å². The second-order valence-corrected chi connectivity index (χ2v) is 5.57. The van der Waals surface area contributed by atoms with Crippen molar-refractivity contribution in [2.45, 2.75) is 31.8 Å². The molecule has 0 atom stereocenters. The number of aromatic nitrogens is 2. The molecule has 3 rings (SSSR count). The first-order valence-electron chi connectivity index (χ1n) is 7.32. The topological polar surface area (TPSA) is 39.1 Å². The Labute approximate surface area is 123 Å². The Morgan fingerprint density at radius 1 is 1.33 bits per heavy atom. The van der Waals surface area contributed by atoms with Crippen LogP contribution >= 0.6 is 0 Å². The van der Waals surface area contributed by atoms with Gasteiger partial charge in [0.2, 0.25) is 0 Å². The van der Waals surface area contributed by atoms with Gasteiger partial charge in [-0.2, -0.15) is 5.10 Å². The number of ether oxygens (including phenoxy) is 1. The molecule has 0 saturated heterocycles. The molecule has 1 aliphatic carbocycles. The molecule has 4 nitrogen and oxygen atoms in total. The molecule has 5 heteroatoms. The number of rotatable bonds is 7. The van der Waals surface area contributed by atoms with Crippen LogP contribution in [0.4, 0.5) is 4.39 Å². The SMILES string of the molecule is Cn1cc(CCOc2cc(F)cc(CNC3CC3)c2)cn1. The van der Waals surface area contributed by atoms with Crippen LogP contribution in [0.15, 0.2) is 30.6 Å². The van der Waals surface area contributed by atoms with Crippen LogP contribution in [-0.2, 0) is 20.0 Å². The van der Waals surface area contributed by atoms with Crippen molar-refractivity contribution in [1.29, 1.82) is 0 Å². The van der Waals surface area contributed by atoms with Crippen LogP contribution in [0.3, 0.4) is 0 Å². The molecule has 0 bridgehead atoms. The van der Waals surface area contributed by atoms with Crippen molar-refractivity contribution in [2.75, 3.05) is 6.61 Å². The molecule has 1 fully saturated rings. The highest BCUT2D eigenvalue weighted by molar-refractivity contribution is 5.29. The Morgan fingerprint density at radius 3 is 2.90 bits per heavy atom. The van der Waals surface area contributed by atoms with E-state index in [0.29, 0.717) is 24.9 Å². The molecular formula is C16H20FN3O. The molecule has 2 aromatic rings. The average Bonchev–Trinajstić information content (AvgIpc) is 3.18. The largest absolute Gasteiger partial charge is 0.493 e. The van der Waals surface area contributed by atoms with E-state index in [4.69, 9.17) is 4.74 Å². The number of hydrogen-bond donors (Lipinski definition) is 1. The van der Waals surface area contributed by atoms with Gasteiger partial charge in [-0.25, -0.2) is 4.39 Å². The fourth-order valence-electron chi connectivity index (χ4n) is 2.24. The van der Waals surface area contributed by atoms with Gasteiger partial charge in [0.1, 0.15) is 11.6 Å². The fraction of sp³-hybridized carbons (Fsp3) is 0.438. The summed E-state index contributed by atoms with van der Waals surface area (Å²) < 4.78 is 21.0. The third-order valence-electron chi connectivity index (χ3n) is 3.52. The highest BCUT2D eigenvalue weighted by Gasteiger charge is 2.20. The van der Waals surface area contributed by atoms with Crippen LogP contribution in [0.1, 0.15) is 24.0 Å². The summed E-state index contributed by atoms with van der Waals surface area (Å²) in [6.45, 7) is 1.21. The average molecular weight is 289 g/mol. The Hall–Kier alpha value is -1.88. The Bertz CT molecular complexity index is 607. The molecular weight excluding hydrogens is 269 g/mol. The van der Waals surface area contributed by atoms with E-state index in [1.165, 1.54) is 18.9 Å². The summed E-state index contributed by atoms with van der Waals surface area (Å²) in [5.74, 6) is 0.341. The summed E-state index contributed by atoms with van der Waals surface area (Å²) in [7, 11) is 1.88. The molecule has 1 saturated carbocycles. The van der Waals surface area contributed by atoms with E-state index in [2.05, 4.69) is 10.4 Å². The summed E-state index contributed by atoms with van der Waals surface area (Å²) >= 11 is 0. The van der Waals surface area contributed by atoms with Crippen LogP contribution in [0.25, 0.3) is 0 Å². The number of nitrogens with one attached hydrogen (secondary N) is 1. The predicted molar refractivity (Wildman–Crippen MR) is 78.7 cm³/mol. The zero-order chi connectivity index (χ0) is 14.7. The molecule has 0 unspecified atom stereocenters. The van der Waals surface area contributed by atoms with Crippen molar-refractivity contribution in [2.24, 2.45) is 7.05 Å². The van der Waals surface area contributed by atoms with E-state index in [9.17, 15) is 4.39 Å². The summed E-state index contributed by atoms with van der Waals surface area (Å²) in [5.41, 5.74) is 2.04. The van der Waals surface area contributed by atoms with Crippen molar-refractivity contribution >= 4 is 0 Å². The van der Waals surface area contributed by atoms with Crippen molar-refractivity contribution in [1.82, 2.24) is 15.1 Å². The lowest BCUT2D eigenvalue weighted by atomic mass is 10.2. The molecule has 0 spiro atoms. The van der Waals surface area contributed by atoms with Gasteiger partial charge in [-0.15, -0.1) is 0 Å². The zero-order valence-corrected chi connectivity index (χ0v) is 12.2. The minimum absolute atomic E-state index is 0.249. The van der Waals surface area contributed by atoms with E-state index in [1.54, 1.807) is 10.7 Å². The molecule has 1 aromatic heterocycles. The Morgan fingerprint density at radius 2 is 2.19 bits per heavy atom. The van der Waals surface area contributed by atoms with Gasteiger partial charge >= 0.3 is 0 Å². The normalized spacial score (nSPS) is 14.4. The van der Waals surface area contributed by atoms with Crippen molar-refractivity contribution in [3.05, 3.63) is 47.5 Å². The maximum atomic E-state index is 13.6. The second kappa shape index (κ2) is 6.26. The smallest absolute Gasteiger partial charge is 0.127 e. The molecule has 21 heavy (non-hydrogen) atoms. The van der Waals surface area contributed by atoms with Gasteiger partial charge in [-0.3, -0.25) is 4.68 Å². The standard InChI is InChI=1S/C16H20FN3O/c1-20-11-12(10-19-20)4-5-21-16-7-13(6-14(17)8-16)9-18-15-2-3-15/h6-8,10-11,15,18H,2-5,9H2,1H3. The summed E-state index contributed by atoms with van der Waals surface area (Å²) in [6, 6.07) is 5.51. The van der Waals surface area contributed by atoms with Crippen molar-refractivity contribution < 1.29 is 9.13 Å². The molecule has 1 N–H and O–H groups in total. The summed E-state index contributed by atoms with van der Waals surface area (Å²) in [4.78, 5) is 0. The maximum absolute atomic E-state index is 13.6. The first-order valence-corrected chi connectivity index (χ1v) is 7.32. The van der Waals surface area contributed by atoms with Gasteiger partial charge < -0.3 is 10.1 Å². The molecule has 0 amide bonds. The first-order chi connectivity index (χ1) is 10.2. The van der Waals surface area contributed by atoms with Crippen LogP contribution in [0, 0.1) is 5.82 Å². The Balaban J connectivity index is 1.53. The van der Waals surface area contributed by atoms with E-state index in [-0.39, 0.29) is 5.82 Å². The molecule has 0 radical (unpaired) electrons. The number of halogens is 1. The highest BCUT2D eigenvalue weighted by atomic mass is 19.1.